The minimum Gasteiger partial charge on any atom is -0.463 e. The van der Waals surface area contributed by atoms with Crippen LogP contribution >= 0.6 is 0 Å². The zero-order valence-corrected chi connectivity index (χ0v) is 22.6. The smallest absolute Gasteiger partial charge is 0.333 e. The molecule has 0 unspecified atom stereocenters. The quantitative estimate of drug-likeness (QED) is 0.414. The highest BCUT2D eigenvalue weighted by Crippen LogP contribution is 2.33. The van der Waals surface area contributed by atoms with E-state index in [4.69, 9.17) is 4.74 Å². The van der Waals surface area contributed by atoms with E-state index in [0.29, 0.717) is 12.2 Å². The maximum Gasteiger partial charge on any atom is 0.333 e. The second-order valence-corrected chi connectivity index (χ2v) is 11.0. The maximum absolute atomic E-state index is 13.8. The topological polar surface area (TPSA) is 79.0 Å². The van der Waals surface area contributed by atoms with Gasteiger partial charge in [0.2, 0.25) is 11.8 Å². The fraction of sp³-hybridized carbons (Fsp3) is 0.808. The number of hydrogen-bond acceptors (Lipinski definition) is 5. The molecule has 2 amide bonds. The molecule has 190 valence electrons. The molecule has 0 aromatic rings. The van der Waals surface area contributed by atoms with E-state index in [0.717, 1.165) is 32.1 Å². The van der Waals surface area contributed by atoms with Crippen molar-refractivity contribution in [1.82, 2.24) is 15.1 Å². The lowest BCUT2D eigenvalue weighted by molar-refractivity contribution is -0.144. The van der Waals surface area contributed by atoms with Crippen molar-refractivity contribution in [3.63, 3.8) is 0 Å². The number of amides is 2. The number of ether oxygens (including phenoxy) is 1. The summed E-state index contributed by atoms with van der Waals surface area (Å²) in [5, 5.41) is 3.14. The first-order valence-corrected chi connectivity index (χ1v) is 12.3. The van der Waals surface area contributed by atoms with Crippen LogP contribution in [-0.4, -0.2) is 73.0 Å². The first-order valence-electron chi connectivity index (χ1n) is 12.3. The molecule has 0 heterocycles. The van der Waals surface area contributed by atoms with E-state index in [1.807, 2.05) is 53.6 Å². The van der Waals surface area contributed by atoms with Crippen LogP contribution < -0.4 is 5.32 Å². The van der Waals surface area contributed by atoms with Gasteiger partial charge in [-0.3, -0.25) is 14.5 Å². The van der Waals surface area contributed by atoms with Crippen molar-refractivity contribution in [2.45, 2.75) is 98.2 Å². The highest BCUT2D eigenvalue weighted by atomic mass is 16.5. The molecule has 0 saturated heterocycles. The van der Waals surface area contributed by atoms with Crippen LogP contribution in [-0.2, 0) is 19.1 Å². The van der Waals surface area contributed by atoms with E-state index in [9.17, 15) is 14.4 Å². The molecule has 1 aliphatic carbocycles. The van der Waals surface area contributed by atoms with Crippen molar-refractivity contribution >= 4 is 17.8 Å². The standard InChI is InChI=1S/C26H47N3O4/c1-11-33-23(31)19(4)17-20(18(2)3)29(10)22(30)21(25(5,6)7)27-24(32)26(28(8)9)15-13-12-14-16-26/h17-18,20-21H,11-16H2,1-10H3,(H,27,32)/b19-17+/t20-,21-/m1/s1. The molecule has 1 N–H and O–H groups in total. The summed E-state index contributed by atoms with van der Waals surface area (Å²) in [4.78, 5) is 43.2. The molecule has 2 atom stereocenters. The van der Waals surface area contributed by atoms with Crippen LogP contribution in [0.15, 0.2) is 11.6 Å². The lowest BCUT2D eigenvalue weighted by atomic mass is 9.78. The van der Waals surface area contributed by atoms with Gasteiger partial charge in [0.15, 0.2) is 0 Å². The summed E-state index contributed by atoms with van der Waals surface area (Å²) >= 11 is 0. The summed E-state index contributed by atoms with van der Waals surface area (Å²) in [6.07, 6.45) is 6.53. The average molecular weight is 466 g/mol. The summed E-state index contributed by atoms with van der Waals surface area (Å²) in [5.74, 6) is -0.540. The number of nitrogens with one attached hydrogen (secondary N) is 1. The van der Waals surface area contributed by atoms with Gasteiger partial charge in [-0.05, 0) is 52.1 Å². The first-order chi connectivity index (χ1) is 15.2. The molecule has 7 heteroatoms. The molecule has 0 aromatic carbocycles. The van der Waals surface area contributed by atoms with Crippen molar-refractivity contribution in [3.05, 3.63) is 11.6 Å². The minimum atomic E-state index is -0.689. The van der Waals surface area contributed by atoms with Crippen molar-refractivity contribution in [2.24, 2.45) is 11.3 Å². The van der Waals surface area contributed by atoms with Crippen LogP contribution in [0.5, 0.6) is 0 Å². The minimum absolute atomic E-state index is 0.0751. The van der Waals surface area contributed by atoms with Crippen LogP contribution in [0.1, 0.15) is 80.6 Å². The Hall–Kier alpha value is -1.89. The largest absolute Gasteiger partial charge is 0.463 e. The molecule has 1 fully saturated rings. The Bertz CT molecular complexity index is 716. The van der Waals surface area contributed by atoms with Gasteiger partial charge in [0.05, 0.1) is 18.2 Å². The summed E-state index contributed by atoms with van der Waals surface area (Å²) < 4.78 is 5.11. The molecule has 0 radical (unpaired) electrons. The third-order valence-electron chi connectivity index (χ3n) is 6.84. The number of rotatable bonds is 9. The van der Waals surface area contributed by atoms with Crippen LogP contribution in [0.25, 0.3) is 0 Å². The van der Waals surface area contributed by atoms with Gasteiger partial charge in [0.1, 0.15) is 6.04 Å². The Balaban J connectivity index is 3.23. The number of carbonyl (C=O) groups is 3. The van der Waals surface area contributed by atoms with E-state index in [-0.39, 0.29) is 29.7 Å². The lowest BCUT2D eigenvalue weighted by Crippen LogP contribution is -2.63. The van der Waals surface area contributed by atoms with E-state index in [1.165, 1.54) is 0 Å². The van der Waals surface area contributed by atoms with E-state index in [1.54, 1.807) is 31.9 Å². The van der Waals surface area contributed by atoms with Gasteiger partial charge in [-0.25, -0.2) is 4.79 Å². The van der Waals surface area contributed by atoms with Crippen molar-refractivity contribution in [2.75, 3.05) is 27.7 Å². The molecule has 1 aliphatic rings. The predicted octanol–water partition coefficient (Wildman–Crippen LogP) is 3.77. The zero-order valence-electron chi connectivity index (χ0n) is 22.6. The molecule has 0 aromatic heterocycles. The first kappa shape index (κ1) is 29.1. The van der Waals surface area contributed by atoms with Crippen LogP contribution in [0, 0.1) is 11.3 Å². The predicted molar refractivity (Wildman–Crippen MR) is 133 cm³/mol. The SMILES string of the molecule is CCOC(=O)/C(C)=C/[C@H](C(C)C)N(C)C(=O)[C@@H](NC(=O)C1(N(C)C)CCCCC1)C(C)(C)C. The number of carbonyl (C=O) groups excluding carboxylic acids is 3. The van der Waals surface area contributed by atoms with Crippen molar-refractivity contribution in [3.8, 4) is 0 Å². The van der Waals surface area contributed by atoms with Crippen molar-refractivity contribution < 1.29 is 19.1 Å². The normalized spacial score (nSPS) is 18.6. The van der Waals surface area contributed by atoms with Gasteiger partial charge < -0.3 is 15.0 Å². The molecule has 7 nitrogen and oxygen atoms in total. The Morgan fingerprint density at radius 1 is 1.06 bits per heavy atom. The molecular weight excluding hydrogens is 418 g/mol. The Morgan fingerprint density at radius 2 is 1.61 bits per heavy atom. The fourth-order valence-corrected chi connectivity index (χ4v) is 4.60. The monoisotopic (exact) mass is 465 g/mol. The molecule has 0 aliphatic heterocycles. The van der Waals surface area contributed by atoms with Crippen LogP contribution in [0.2, 0.25) is 0 Å². The Morgan fingerprint density at radius 3 is 2.03 bits per heavy atom. The number of esters is 1. The summed E-state index contributed by atoms with van der Waals surface area (Å²) in [5.41, 5.74) is -0.594. The summed E-state index contributed by atoms with van der Waals surface area (Å²) in [6.45, 7) is 13.7. The van der Waals surface area contributed by atoms with Gasteiger partial charge in [-0.15, -0.1) is 0 Å². The summed E-state index contributed by atoms with van der Waals surface area (Å²) in [7, 11) is 5.64. The van der Waals surface area contributed by atoms with Crippen molar-refractivity contribution in [1.29, 1.82) is 0 Å². The second-order valence-electron chi connectivity index (χ2n) is 11.0. The highest BCUT2D eigenvalue weighted by Gasteiger charge is 2.45. The highest BCUT2D eigenvalue weighted by molar-refractivity contribution is 5.93. The number of nitrogens with zero attached hydrogens (tertiary/aromatic N) is 2. The number of likely N-dealkylation sites (N-methyl/N-ethyl adjacent to an activating group) is 2. The van der Waals surface area contributed by atoms with E-state index in [2.05, 4.69) is 5.32 Å². The third kappa shape index (κ3) is 7.29. The Kier molecular flexibility index (Phi) is 10.6. The molecule has 33 heavy (non-hydrogen) atoms. The van der Waals surface area contributed by atoms with Crippen LogP contribution in [0.3, 0.4) is 0 Å². The van der Waals surface area contributed by atoms with Gasteiger partial charge in [-0.2, -0.15) is 0 Å². The van der Waals surface area contributed by atoms with Crippen LogP contribution in [0.4, 0.5) is 0 Å². The summed E-state index contributed by atoms with van der Waals surface area (Å²) in [6, 6.07) is -0.993. The fourth-order valence-electron chi connectivity index (χ4n) is 4.60. The number of hydrogen-bond donors (Lipinski definition) is 1. The molecule has 1 saturated carbocycles. The molecule has 1 rings (SSSR count). The van der Waals surface area contributed by atoms with Gasteiger partial charge in [-0.1, -0.05) is 60.0 Å². The zero-order chi connectivity index (χ0) is 25.6. The third-order valence-corrected chi connectivity index (χ3v) is 6.84. The average Bonchev–Trinajstić information content (AvgIpc) is 2.73. The Labute approximate surface area is 201 Å². The lowest BCUT2D eigenvalue weighted by Gasteiger charge is -2.44. The maximum atomic E-state index is 13.8. The van der Waals surface area contributed by atoms with Gasteiger partial charge in [0.25, 0.3) is 0 Å². The molecule has 0 spiro atoms. The molecular formula is C26H47N3O4. The molecule has 0 bridgehead atoms. The van der Waals surface area contributed by atoms with E-state index >= 15 is 0 Å². The second kappa shape index (κ2) is 12.0. The van der Waals surface area contributed by atoms with Gasteiger partial charge >= 0.3 is 5.97 Å². The van der Waals surface area contributed by atoms with E-state index < -0.39 is 17.0 Å². The van der Waals surface area contributed by atoms with Gasteiger partial charge in [0, 0.05) is 12.6 Å².